The van der Waals surface area contributed by atoms with E-state index in [1.54, 1.807) is 0 Å². The van der Waals surface area contributed by atoms with E-state index in [1.165, 1.54) is 18.2 Å². The number of hydrogen-bond acceptors (Lipinski definition) is 3. The molecule has 0 aliphatic rings. The van der Waals surface area contributed by atoms with E-state index in [4.69, 9.17) is 5.11 Å². The smallest absolute Gasteiger partial charge is 0.307 e. The molecule has 0 fully saturated rings. The summed E-state index contributed by atoms with van der Waals surface area (Å²) >= 11 is 1.95. The van der Waals surface area contributed by atoms with Crippen molar-refractivity contribution in [3.8, 4) is 0 Å². The normalized spacial score (nSPS) is 9.79. The second-order valence-corrected chi connectivity index (χ2v) is 3.77. The first kappa shape index (κ1) is 10.9. The third-order valence-corrected chi connectivity index (χ3v) is 2.63. The van der Waals surface area contributed by atoms with E-state index in [9.17, 15) is 14.9 Å². The van der Waals surface area contributed by atoms with Gasteiger partial charge in [0.25, 0.3) is 5.69 Å². The van der Waals surface area contributed by atoms with Crippen molar-refractivity contribution in [3.63, 3.8) is 0 Å². The molecule has 0 aliphatic carbocycles. The summed E-state index contributed by atoms with van der Waals surface area (Å²) in [6.07, 6.45) is -0.194. The van der Waals surface area contributed by atoms with Crippen LogP contribution in [0.15, 0.2) is 18.2 Å². The van der Waals surface area contributed by atoms with E-state index in [1.807, 2.05) is 22.6 Å². The summed E-state index contributed by atoms with van der Waals surface area (Å²) in [7, 11) is 0. The average molecular weight is 307 g/mol. The number of hydrogen-bond donors (Lipinski definition) is 1. The van der Waals surface area contributed by atoms with Gasteiger partial charge in [-0.25, -0.2) is 0 Å². The van der Waals surface area contributed by atoms with Crippen LogP contribution >= 0.6 is 22.6 Å². The predicted molar refractivity (Wildman–Crippen MR) is 57.2 cm³/mol. The van der Waals surface area contributed by atoms with Crippen molar-refractivity contribution in [2.45, 2.75) is 6.42 Å². The number of nitro groups is 1. The second kappa shape index (κ2) is 4.36. The molecule has 0 bridgehead atoms. The lowest BCUT2D eigenvalue weighted by molar-refractivity contribution is -0.384. The Hall–Kier alpha value is -1.18. The molecule has 74 valence electrons. The Balaban J connectivity index is 3.08. The van der Waals surface area contributed by atoms with Crippen LogP contribution in [0.25, 0.3) is 0 Å². The molecular formula is C8H6INO4. The lowest BCUT2D eigenvalue weighted by Crippen LogP contribution is -2.02. The van der Waals surface area contributed by atoms with Gasteiger partial charge in [0, 0.05) is 15.7 Å². The van der Waals surface area contributed by atoms with Crippen molar-refractivity contribution in [2.75, 3.05) is 0 Å². The maximum atomic E-state index is 10.4. The Morgan fingerprint density at radius 2 is 2.21 bits per heavy atom. The number of carboxylic acid groups (broad SMARTS) is 1. The zero-order valence-electron chi connectivity index (χ0n) is 6.94. The first-order valence-electron chi connectivity index (χ1n) is 3.65. The van der Waals surface area contributed by atoms with Crippen LogP contribution in [0.1, 0.15) is 5.56 Å². The van der Waals surface area contributed by atoms with Crippen molar-refractivity contribution >= 4 is 34.2 Å². The van der Waals surface area contributed by atoms with Crippen LogP contribution in [0.4, 0.5) is 5.69 Å². The lowest BCUT2D eigenvalue weighted by Gasteiger charge is -2.00. The lowest BCUT2D eigenvalue weighted by atomic mass is 10.1. The number of halogens is 1. The predicted octanol–water partition coefficient (Wildman–Crippen LogP) is 1.83. The van der Waals surface area contributed by atoms with E-state index in [0.29, 0.717) is 5.56 Å². The van der Waals surface area contributed by atoms with Crippen LogP contribution in [0.3, 0.4) is 0 Å². The van der Waals surface area contributed by atoms with Crippen molar-refractivity contribution in [1.82, 2.24) is 0 Å². The van der Waals surface area contributed by atoms with Gasteiger partial charge < -0.3 is 5.11 Å². The van der Waals surface area contributed by atoms with E-state index in [2.05, 4.69) is 0 Å². The minimum atomic E-state index is -0.997. The molecule has 0 heterocycles. The highest BCUT2D eigenvalue weighted by Crippen LogP contribution is 2.19. The molecule has 1 N–H and O–H groups in total. The molecule has 1 rings (SSSR count). The topological polar surface area (TPSA) is 80.4 Å². The Kier molecular flexibility index (Phi) is 3.39. The molecule has 0 spiro atoms. The number of carboxylic acids is 1. The first-order valence-corrected chi connectivity index (χ1v) is 4.73. The zero-order valence-corrected chi connectivity index (χ0v) is 9.09. The van der Waals surface area contributed by atoms with Gasteiger partial charge in [0.1, 0.15) is 0 Å². The van der Waals surface area contributed by atoms with Gasteiger partial charge in [0.15, 0.2) is 0 Å². The Morgan fingerprint density at radius 1 is 1.57 bits per heavy atom. The highest BCUT2D eigenvalue weighted by atomic mass is 127. The number of benzene rings is 1. The van der Waals surface area contributed by atoms with Gasteiger partial charge in [0.2, 0.25) is 0 Å². The van der Waals surface area contributed by atoms with Gasteiger partial charge in [-0.15, -0.1) is 0 Å². The van der Waals surface area contributed by atoms with E-state index >= 15 is 0 Å². The fourth-order valence-electron chi connectivity index (χ4n) is 0.973. The van der Waals surface area contributed by atoms with E-state index in [0.717, 1.165) is 3.57 Å². The van der Waals surface area contributed by atoms with Crippen molar-refractivity contribution < 1.29 is 14.8 Å². The van der Waals surface area contributed by atoms with Crippen LogP contribution < -0.4 is 0 Å². The Bertz CT molecular complexity index is 391. The molecular weight excluding hydrogens is 301 g/mol. The minimum absolute atomic E-state index is 0.0818. The summed E-state index contributed by atoms with van der Waals surface area (Å²) in [5.41, 5.74) is 0.383. The summed E-state index contributed by atoms with van der Waals surface area (Å²) < 4.78 is 0.718. The number of nitrogens with zero attached hydrogens (tertiary/aromatic N) is 1. The third-order valence-electron chi connectivity index (χ3n) is 1.58. The molecule has 1 aromatic rings. The first-order chi connectivity index (χ1) is 6.50. The molecule has 14 heavy (non-hydrogen) atoms. The molecule has 0 atom stereocenters. The second-order valence-electron chi connectivity index (χ2n) is 2.60. The van der Waals surface area contributed by atoms with Crippen LogP contribution in [0.5, 0.6) is 0 Å². The molecule has 0 aliphatic heterocycles. The molecule has 5 nitrogen and oxygen atoms in total. The van der Waals surface area contributed by atoms with Crippen LogP contribution in [0, 0.1) is 13.7 Å². The summed E-state index contributed by atoms with van der Waals surface area (Å²) in [6.45, 7) is 0. The zero-order chi connectivity index (χ0) is 10.7. The molecule has 1 aromatic carbocycles. The molecule has 6 heteroatoms. The molecule has 0 unspecified atom stereocenters. The molecule has 0 saturated heterocycles. The van der Waals surface area contributed by atoms with Gasteiger partial charge in [0.05, 0.1) is 11.3 Å². The highest BCUT2D eigenvalue weighted by Gasteiger charge is 2.11. The number of non-ortho nitro benzene ring substituents is 1. The fourth-order valence-corrected chi connectivity index (χ4v) is 1.50. The fraction of sp³-hybridized carbons (Fsp3) is 0.125. The van der Waals surface area contributed by atoms with Crippen LogP contribution in [0.2, 0.25) is 0 Å². The maximum Gasteiger partial charge on any atom is 0.307 e. The van der Waals surface area contributed by atoms with Crippen molar-refractivity contribution in [3.05, 3.63) is 37.4 Å². The van der Waals surface area contributed by atoms with Crippen molar-refractivity contribution in [1.29, 1.82) is 0 Å². The summed E-state index contributed by atoms with van der Waals surface area (Å²) in [6, 6.07) is 4.18. The molecule has 0 aromatic heterocycles. The SMILES string of the molecule is O=C(O)Cc1cc([N+](=O)[O-])ccc1I. The largest absolute Gasteiger partial charge is 0.481 e. The van der Waals surface area contributed by atoms with Gasteiger partial charge in [-0.3, -0.25) is 14.9 Å². The molecule has 0 radical (unpaired) electrons. The highest BCUT2D eigenvalue weighted by molar-refractivity contribution is 14.1. The van der Waals surface area contributed by atoms with Crippen molar-refractivity contribution in [2.24, 2.45) is 0 Å². The summed E-state index contributed by atoms with van der Waals surface area (Å²) in [5.74, 6) is -0.997. The van der Waals surface area contributed by atoms with Gasteiger partial charge >= 0.3 is 5.97 Å². The minimum Gasteiger partial charge on any atom is -0.481 e. The standard InChI is InChI=1S/C8H6INO4/c9-7-2-1-6(10(13)14)3-5(7)4-8(11)12/h1-3H,4H2,(H,11,12). The van der Waals surface area contributed by atoms with Gasteiger partial charge in [-0.2, -0.15) is 0 Å². The average Bonchev–Trinajstić information content (AvgIpc) is 2.07. The number of carbonyl (C=O) groups is 1. The van der Waals surface area contributed by atoms with Crippen LogP contribution in [-0.2, 0) is 11.2 Å². The number of aliphatic carboxylic acids is 1. The summed E-state index contributed by atoms with van der Waals surface area (Å²) in [5, 5.41) is 19.0. The Labute approximate surface area is 93.0 Å². The van der Waals surface area contributed by atoms with Crippen LogP contribution in [-0.4, -0.2) is 16.0 Å². The molecule has 0 saturated carbocycles. The monoisotopic (exact) mass is 307 g/mol. The third kappa shape index (κ3) is 2.66. The number of rotatable bonds is 3. The van der Waals surface area contributed by atoms with E-state index < -0.39 is 10.9 Å². The molecule has 0 amide bonds. The van der Waals surface area contributed by atoms with Gasteiger partial charge in [-0.05, 0) is 34.2 Å². The van der Waals surface area contributed by atoms with Gasteiger partial charge in [-0.1, -0.05) is 0 Å². The van der Waals surface area contributed by atoms with E-state index in [-0.39, 0.29) is 12.1 Å². The summed E-state index contributed by atoms with van der Waals surface area (Å²) in [4.78, 5) is 20.3. The maximum absolute atomic E-state index is 10.4. The quantitative estimate of drug-likeness (QED) is 0.525. The number of nitro benzene ring substituents is 1. The Morgan fingerprint density at radius 3 is 2.71 bits per heavy atom.